The topological polar surface area (TPSA) is 37.4 Å². The summed E-state index contributed by atoms with van der Waals surface area (Å²) in [5.74, 6) is -0.313. The first-order chi connectivity index (χ1) is 13.9. The summed E-state index contributed by atoms with van der Waals surface area (Å²) >= 11 is -2.40. The number of amides is 2. The zero-order chi connectivity index (χ0) is 21.4. The molecule has 0 saturated heterocycles. The van der Waals surface area contributed by atoms with Gasteiger partial charge >= 0.3 is 182 Å². The van der Waals surface area contributed by atoms with Crippen LogP contribution in [0.15, 0.2) is 36.4 Å². The minimum absolute atomic E-state index is 0.157. The van der Waals surface area contributed by atoms with Gasteiger partial charge in [0.2, 0.25) is 0 Å². The molecule has 0 fully saturated rings. The molecule has 0 aliphatic carbocycles. The Labute approximate surface area is 181 Å². The predicted octanol–water partition coefficient (Wildman–Crippen LogP) is 7.08. The molecule has 0 N–H and O–H groups in total. The predicted molar refractivity (Wildman–Crippen MR) is 125 cm³/mol. The van der Waals surface area contributed by atoms with Crippen molar-refractivity contribution < 1.29 is 9.59 Å². The third-order valence-electron chi connectivity index (χ3n) is 6.59. The molecule has 2 amide bonds. The molecule has 3 nitrogen and oxygen atoms in total. The van der Waals surface area contributed by atoms with Gasteiger partial charge in [-0.05, 0) is 0 Å². The van der Waals surface area contributed by atoms with Crippen LogP contribution in [0.3, 0.4) is 0 Å². The van der Waals surface area contributed by atoms with Crippen LogP contribution in [0.25, 0.3) is 0 Å². The molecule has 1 unspecified atom stereocenters. The molecule has 1 heterocycles. The summed E-state index contributed by atoms with van der Waals surface area (Å²) in [6.45, 7) is 13.3. The standard InChI is InChI=1S/C13H12NO2.3C4H9.Sn/c1-8(2)9(3)14-12(15)10-6-4-5-7-11(10)13(14)16;3*1-3-4-2;/h4-7,9H,1-2H2,3H3;3*1,3-4H2,2H3;. The number of imide groups is 1. The van der Waals surface area contributed by atoms with Gasteiger partial charge in [0.25, 0.3) is 0 Å². The average Bonchev–Trinajstić information content (AvgIpc) is 2.99. The van der Waals surface area contributed by atoms with E-state index >= 15 is 0 Å². The van der Waals surface area contributed by atoms with Gasteiger partial charge in [0.15, 0.2) is 0 Å². The molecule has 0 saturated carbocycles. The van der Waals surface area contributed by atoms with Gasteiger partial charge in [-0.1, -0.05) is 0 Å². The number of fused-ring (bicyclic) bond motifs is 1. The van der Waals surface area contributed by atoms with Crippen LogP contribution in [0.1, 0.15) is 86.9 Å². The Hall–Kier alpha value is -1.10. The molecule has 1 aromatic carbocycles. The monoisotopic (exact) mass is 505 g/mol. The van der Waals surface area contributed by atoms with Gasteiger partial charge in [0, 0.05) is 0 Å². The van der Waals surface area contributed by atoms with Gasteiger partial charge in [-0.25, -0.2) is 0 Å². The second kappa shape index (κ2) is 11.3. The molecular weight excluding hydrogens is 465 g/mol. The molecule has 160 valence electrons. The van der Waals surface area contributed by atoms with Crippen LogP contribution in [0, 0.1) is 0 Å². The van der Waals surface area contributed by atoms with Crippen molar-refractivity contribution in [2.75, 3.05) is 0 Å². The van der Waals surface area contributed by atoms with Crippen molar-refractivity contribution in [2.24, 2.45) is 0 Å². The van der Waals surface area contributed by atoms with E-state index in [0.29, 0.717) is 11.1 Å². The quantitative estimate of drug-likeness (QED) is 0.164. The molecule has 0 spiro atoms. The van der Waals surface area contributed by atoms with Crippen LogP contribution < -0.4 is 0 Å². The number of unbranched alkanes of at least 4 members (excludes halogenated alkanes) is 3. The molecule has 1 aromatic rings. The molecule has 1 atom stereocenters. The Balaban J connectivity index is 2.21. The average molecular weight is 504 g/mol. The molecule has 1 aliphatic rings. The third kappa shape index (κ3) is 5.74. The number of hydrogen-bond donors (Lipinski definition) is 0. The number of nitrogens with zero attached hydrogens (tertiary/aromatic N) is 1. The second-order valence-electron chi connectivity index (χ2n) is 8.85. The van der Waals surface area contributed by atoms with E-state index in [-0.39, 0.29) is 17.9 Å². The fourth-order valence-electron chi connectivity index (χ4n) is 4.67. The number of hydrogen-bond acceptors (Lipinski definition) is 2. The van der Waals surface area contributed by atoms with Gasteiger partial charge in [-0.2, -0.15) is 0 Å². The molecule has 4 heteroatoms. The van der Waals surface area contributed by atoms with E-state index in [1.165, 1.54) is 56.7 Å². The van der Waals surface area contributed by atoms with Gasteiger partial charge in [0.05, 0.1) is 0 Å². The Morgan fingerprint density at radius 3 is 1.69 bits per heavy atom. The summed E-state index contributed by atoms with van der Waals surface area (Å²) in [5.41, 5.74) is 2.18. The first-order valence-electron chi connectivity index (χ1n) is 11.5. The Kier molecular flexibility index (Phi) is 9.45. The van der Waals surface area contributed by atoms with Crippen LogP contribution in [-0.2, 0) is 0 Å². The van der Waals surface area contributed by atoms with E-state index in [9.17, 15) is 9.59 Å². The minimum atomic E-state index is -2.40. The normalized spacial score (nSPS) is 15.0. The van der Waals surface area contributed by atoms with Crippen molar-refractivity contribution in [3.8, 4) is 0 Å². The van der Waals surface area contributed by atoms with Crippen molar-refractivity contribution in [1.29, 1.82) is 0 Å². The molecule has 0 radical (unpaired) electrons. The SMILES string of the molecule is C=C([CH2][Sn]([CH2]CCC)([CH2]CCC)[CH2]CCC)C(C)N1C(=O)c2ccccc2C1=O. The van der Waals surface area contributed by atoms with Crippen LogP contribution >= 0.6 is 0 Å². The van der Waals surface area contributed by atoms with Crippen LogP contribution in [0.2, 0.25) is 17.7 Å². The zero-order valence-electron chi connectivity index (χ0n) is 18.9. The van der Waals surface area contributed by atoms with E-state index in [1.807, 2.05) is 19.1 Å². The molecule has 0 bridgehead atoms. The first-order valence-corrected chi connectivity index (χ1v) is 19.6. The third-order valence-corrected chi connectivity index (χ3v) is 22.1. The van der Waals surface area contributed by atoms with E-state index in [1.54, 1.807) is 12.1 Å². The summed E-state index contributed by atoms with van der Waals surface area (Å²) in [7, 11) is 0. The van der Waals surface area contributed by atoms with Crippen LogP contribution in [-0.4, -0.2) is 41.1 Å². The van der Waals surface area contributed by atoms with Crippen LogP contribution in [0.4, 0.5) is 0 Å². The van der Waals surface area contributed by atoms with E-state index in [2.05, 4.69) is 27.4 Å². The molecule has 0 aromatic heterocycles. The van der Waals surface area contributed by atoms with Gasteiger partial charge in [-0.3, -0.25) is 0 Å². The van der Waals surface area contributed by atoms with Gasteiger partial charge in [-0.15, -0.1) is 0 Å². The van der Waals surface area contributed by atoms with E-state index in [0.717, 1.165) is 10.0 Å². The number of carbonyl (C=O) groups is 2. The van der Waals surface area contributed by atoms with Gasteiger partial charge < -0.3 is 0 Å². The zero-order valence-corrected chi connectivity index (χ0v) is 21.8. The van der Waals surface area contributed by atoms with Crippen molar-refractivity contribution in [1.82, 2.24) is 4.90 Å². The van der Waals surface area contributed by atoms with E-state index < -0.39 is 18.4 Å². The molecule has 2 rings (SSSR count). The maximum absolute atomic E-state index is 12.9. The second-order valence-corrected chi connectivity index (χ2v) is 22.7. The van der Waals surface area contributed by atoms with Crippen molar-refractivity contribution >= 4 is 30.2 Å². The summed E-state index contributed by atoms with van der Waals surface area (Å²) in [6, 6.07) is 6.96. The van der Waals surface area contributed by atoms with E-state index in [4.69, 9.17) is 0 Å². The summed E-state index contributed by atoms with van der Waals surface area (Å²) in [4.78, 5) is 27.3. The van der Waals surface area contributed by atoms with Gasteiger partial charge in [0.1, 0.15) is 0 Å². The fraction of sp³-hybridized carbons (Fsp3) is 0.600. The van der Waals surface area contributed by atoms with Crippen LogP contribution in [0.5, 0.6) is 0 Å². The Bertz CT molecular complexity index is 671. The number of rotatable bonds is 13. The fourth-order valence-corrected chi connectivity index (χ4v) is 21.4. The van der Waals surface area contributed by atoms with Crippen molar-refractivity contribution in [3.05, 3.63) is 47.5 Å². The number of benzene rings is 1. The Morgan fingerprint density at radius 2 is 1.31 bits per heavy atom. The van der Waals surface area contributed by atoms with Crippen molar-refractivity contribution in [3.63, 3.8) is 0 Å². The first kappa shape index (κ1) is 24.2. The Morgan fingerprint density at radius 1 is 0.897 bits per heavy atom. The summed E-state index contributed by atoms with van der Waals surface area (Å²) < 4.78 is 5.36. The maximum atomic E-state index is 12.9. The molecule has 29 heavy (non-hydrogen) atoms. The summed E-state index contributed by atoms with van der Waals surface area (Å²) in [6.07, 6.45) is 7.70. The summed E-state index contributed by atoms with van der Waals surface area (Å²) in [5, 5.41) is 0. The van der Waals surface area contributed by atoms with Crippen molar-refractivity contribution in [2.45, 2.75) is 90.0 Å². The molecular formula is C25H39NO2Sn. The molecule has 1 aliphatic heterocycles. The number of carbonyl (C=O) groups excluding carboxylic acids is 2.